The molecule has 5 nitrogen and oxygen atoms in total. The molecule has 0 bridgehead atoms. The smallest absolute Gasteiger partial charge is 0.303 e. The number of carboxylic acid groups (broad SMARTS) is 1. The lowest BCUT2D eigenvalue weighted by atomic mass is 10.1. The lowest BCUT2D eigenvalue weighted by Gasteiger charge is -2.13. The average molecular weight is 406 g/mol. The van der Waals surface area contributed by atoms with E-state index in [0.29, 0.717) is 17.9 Å². The Morgan fingerprint density at radius 3 is 2.57 bits per heavy atom. The molecule has 0 saturated carbocycles. The molecule has 3 aromatic carbocycles. The van der Waals surface area contributed by atoms with Crippen LogP contribution in [-0.4, -0.2) is 17.3 Å². The maximum atomic E-state index is 14.1. The highest BCUT2D eigenvalue weighted by molar-refractivity contribution is 5.86. The molecule has 0 radical (unpaired) electrons. The van der Waals surface area contributed by atoms with Gasteiger partial charge >= 0.3 is 5.97 Å². The van der Waals surface area contributed by atoms with Crippen LogP contribution < -0.4 is 10.1 Å². The number of anilines is 1. The van der Waals surface area contributed by atoms with Crippen molar-refractivity contribution in [2.24, 2.45) is 0 Å². The fourth-order valence-electron chi connectivity index (χ4n) is 2.99. The number of carboxylic acids is 1. The minimum absolute atomic E-state index is 0.116. The topological polar surface area (TPSA) is 82.4 Å². The van der Waals surface area contributed by atoms with E-state index in [-0.39, 0.29) is 19.4 Å². The maximum absolute atomic E-state index is 14.1. The Hall–Kier alpha value is -3.67. The monoisotopic (exact) mass is 406 g/mol. The van der Waals surface area contributed by atoms with Crippen molar-refractivity contribution < 1.29 is 19.0 Å². The molecule has 0 unspecified atom stereocenters. The second-order valence-corrected chi connectivity index (χ2v) is 6.84. The van der Waals surface area contributed by atoms with E-state index >= 15 is 0 Å². The van der Waals surface area contributed by atoms with Crippen LogP contribution in [0.2, 0.25) is 0 Å². The average Bonchev–Trinajstić information content (AvgIpc) is 2.76. The van der Waals surface area contributed by atoms with Gasteiger partial charge in [-0.1, -0.05) is 48.5 Å². The summed E-state index contributed by atoms with van der Waals surface area (Å²) in [5.41, 5.74) is 3.96. The Balaban J connectivity index is 1.64. The standard InChI is InChI=1S/C24H23FN2O3/c25-22-13-21(10-8-19(22)9-11-24(28)29)30-16-18-6-7-20(14-26)23(12-18)27-15-17-4-2-1-3-5-17/h1-8,10,12-14,26-27H,9,11,15-16H2,(H,28,29). The van der Waals surface area contributed by atoms with Gasteiger partial charge in [-0.05, 0) is 35.2 Å². The van der Waals surface area contributed by atoms with Crippen molar-refractivity contribution in [3.05, 3.63) is 94.8 Å². The van der Waals surface area contributed by atoms with Crippen LogP contribution in [0.3, 0.4) is 0 Å². The Morgan fingerprint density at radius 2 is 1.87 bits per heavy atom. The van der Waals surface area contributed by atoms with Gasteiger partial charge in [0.25, 0.3) is 0 Å². The van der Waals surface area contributed by atoms with Crippen LogP contribution in [0.5, 0.6) is 5.75 Å². The molecule has 0 atom stereocenters. The highest BCUT2D eigenvalue weighted by Crippen LogP contribution is 2.22. The van der Waals surface area contributed by atoms with E-state index in [1.807, 2.05) is 48.5 Å². The maximum Gasteiger partial charge on any atom is 0.303 e. The van der Waals surface area contributed by atoms with E-state index in [1.165, 1.54) is 12.3 Å². The van der Waals surface area contributed by atoms with Crippen LogP contribution in [0.4, 0.5) is 10.1 Å². The largest absolute Gasteiger partial charge is 0.489 e. The third-order valence-electron chi connectivity index (χ3n) is 4.64. The van der Waals surface area contributed by atoms with Crippen molar-refractivity contribution in [1.29, 1.82) is 5.41 Å². The highest BCUT2D eigenvalue weighted by atomic mass is 19.1. The van der Waals surface area contributed by atoms with Crippen molar-refractivity contribution in [3.8, 4) is 5.75 Å². The van der Waals surface area contributed by atoms with E-state index < -0.39 is 11.8 Å². The molecule has 0 aliphatic carbocycles. The first-order valence-corrected chi connectivity index (χ1v) is 9.59. The number of aliphatic carboxylic acids is 1. The first-order valence-electron chi connectivity index (χ1n) is 9.59. The number of hydrogen-bond donors (Lipinski definition) is 3. The number of ether oxygens (including phenoxy) is 1. The third-order valence-corrected chi connectivity index (χ3v) is 4.64. The number of hydrogen-bond acceptors (Lipinski definition) is 4. The number of rotatable bonds is 10. The first-order chi connectivity index (χ1) is 14.5. The molecular formula is C24H23FN2O3. The minimum Gasteiger partial charge on any atom is -0.489 e. The Morgan fingerprint density at radius 1 is 1.07 bits per heavy atom. The first kappa shape index (κ1) is 21.0. The van der Waals surface area contributed by atoms with Crippen molar-refractivity contribution in [2.45, 2.75) is 26.0 Å². The summed E-state index contributed by atoms with van der Waals surface area (Å²) in [7, 11) is 0. The lowest BCUT2D eigenvalue weighted by molar-refractivity contribution is -0.136. The molecule has 0 fully saturated rings. The fourth-order valence-corrected chi connectivity index (χ4v) is 2.99. The molecule has 0 aliphatic heterocycles. The van der Waals surface area contributed by atoms with Crippen molar-refractivity contribution in [3.63, 3.8) is 0 Å². The molecule has 0 saturated heterocycles. The van der Waals surface area contributed by atoms with E-state index in [4.69, 9.17) is 15.3 Å². The minimum atomic E-state index is -0.959. The zero-order valence-corrected chi connectivity index (χ0v) is 16.4. The molecule has 0 aromatic heterocycles. The van der Waals surface area contributed by atoms with Gasteiger partial charge in [0.1, 0.15) is 18.2 Å². The molecular weight excluding hydrogens is 383 g/mol. The van der Waals surface area contributed by atoms with Crippen LogP contribution in [0.1, 0.15) is 28.7 Å². The molecule has 154 valence electrons. The van der Waals surface area contributed by atoms with Crippen LogP contribution in [0.15, 0.2) is 66.7 Å². The number of halogens is 1. The van der Waals surface area contributed by atoms with Crippen molar-refractivity contribution >= 4 is 17.9 Å². The Labute approximate surface area is 174 Å². The summed E-state index contributed by atoms with van der Waals surface area (Å²) in [5.74, 6) is -1.06. The summed E-state index contributed by atoms with van der Waals surface area (Å²) in [5, 5.41) is 19.7. The normalized spacial score (nSPS) is 10.4. The highest BCUT2D eigenvalue weighted by Gasteiger charge is 2.08. The van der Waals surface area contributed by atoms with Gasteiger partial charge in [-0.15, -0.1) is 0 Å². The van der Waals surface area contributed by atoms with Gasteiger partial charge < -0.3 is 20.6 Å². The van der Waals surface area contributed by atoms with Crippen LogP contribution in [0, 0.1) is 11.2 Å². The zero-order valence-electron chi connectivity index (χ0n) is 16.4. The predicted molar refractivity (Wildman–Crippen MR) is 115 cm³/mol. The van der Waals surface area contributed by atoms with E-state index in [1.54, 1.807) is 12.1 Å². The molecule has 3 N–H and O–H groups in total. The molecule has 0 aliphatic rings. The SMILES string of the molecule is N=Cc1ccc(COc2ccc(CCC(=O)O)c(F)c2)cc1NCc1ccccc1. The number of nitrogens with one attached hydrogen (secondary N) is 2. The lowest BCUT2D eigenvalue weighted by Crippen LogP contribution is -2.04. The van der Waals surface area contributed by atoms with Gasteiger partial charge in [0, 0.05) is 36.5 Å². The van der Waals surface area contributed by atoms with Gasteiger partial charge in [0.05, 0.1) is 0 Å². The van der Waals surface area contributed by atoms with Gasteiger partial charge in [-0.2, -0.15) is 0 Å². The Bertz CT molecular complexity index is 1020. The van der Waals surface area contributed by atoms with Crippen molar-refractivity contribution in [1.82, 2.24) is 0 Å². The molecule has 0 spiro atoms. The number of carbonyl (C=O) groups is 1. The molecule has 3 rings (SSSR count). The number of aryl methyl sites for hydroxylation is 1. The quantitative estimate of drug-likeness (QED) is 0.412. The van der Waals surface area contributed by atoms with Crippen LogP contribution in [-0.2, 0) is 24.4 Å². The molecule has 30 heavy (non-hydrogen) atoms. The fraction of sp³-hybridized carbons (Fsp3) is 0.167. The zero-order chi connectivity index (χ0) is 21.3. The molecule has 6 heteroatoms. The van der Waals surface area contributed by atoms with E-state index in [2.05, 4.69) is 5.32 Å². The van der Waals surface area contributed by atoms with E-state index in [0.717, 1.165) is 22.4 Å². The van der Waals surface area contributed by atoms with E-state index in [9.17, 15) is 9.18 Å². The van der Waals surface area contributed by atoms with Gasteiger partial charge in [0.2, 0.25) is 0 Å². The molecule has 3 aromatic rings. The van der Waals surface area contributed by atoms with Crippen LogP contribution in [0.25, 0.3) is 0 Å². The summed E-state index contributed by atoms with van der Waals surface area (Å²) in [6.07, 6.45) is 1.32. The summed E-state index contributed by atoms with van der Waals surface area (Å²) in [4.78, 5) is 10.6. The summed E-state index contributed by atoms with van der Waals surface area (Å²) >= 11 is 0. The third kappa shape index (κ3) is 5.91. The molecule has 0 amide bonds. The van der Waals surface area contributed by atoms with Gasteiger partial charge in [-0.3, -0.25) is 4.79 Å². The van der Waals surface area contributed by atoms with Gasteiger partial charge in [-0.25, -0.2) is 4.39 Å². The second-order valence-electron chi connectivity index (χ2n) is 6.84. The summed E-state index contributed by atoms with van der Waals surface area (Å²) in [6.45, 7) is 0.876. The number of benzene rings is 3. The summed E-state index contributed by atoms with van der Waals surface area (Å²) in [6, 6.07) is 20.1. The van der Waals surface area contributed by atoms with Crippen LogP contribution >= 0.6 is 0 Å². The predicted octanol–water partition coefficient (Wildman–Crippen LogP) is 5.03. The Kier molecular flexibility index (Phi) is 7.16. The van der Waals surface area contributed by atoms with Crippen molar-refractivity contribution in [2.75, 3.05) is 5.32 Å². The molecule has 0 heterocycles. The van der Waals surface area contributed by atoms with Gasteiger partial charge in [0.15, 0.2) is 0 Å². The second kappa shape index (κ2) is 10.2. The summed E-state index contributed by atoms with van der Waals surface area (Å²) < 4.78 is 19.8.